The zero-order valence-electron chi connectivity index (χ0n) is 11.4. The van der Waals surface area contributed by atoms with E-state index in [1.54, 1.807) is 11.8 Å². The summed E-state index contributed by atoms with van der Waals surface area (Å²) < 4.78 is 5.16. The predicted molar refractivity (Wildman–Crippen MR) is 73.4 cm³/mol. The fraction of sp³-hybridized carbons (Fsp3) is 0.500. The Kier molecular flexibility index (Phi) is 4.86. The second-order valence-electron chi connectivity index (χ2n) is 4.48. The van der Waals surface area contributed by atoms with Crippen LogP contribution in [0.5, 0.6) is 0 Å². The fourth-order valence-corrected chi connectivity index (χ4v) is 2.50. The molecule has 2 amide bonds. The lowest BCUT2D eigenvalue weighted by Gasteiger charge is -2.29. The standard InChI is InChI=1S/C12H15N3O5S/c1-7(11(17)15-2-4-20-5-3-15)13-9(16)8-6-21-10(14-8)12(18)19/h6-7H,2-5H2,1H3,(H,13,16)(H,18,19). The molecule has 21 heavy (non-hydrogen) atoms. The molecule has 1 fully saturated rings. The lowest BCUT2D eigenvalue weighted by molar-refractivity contribution is -0.136. The van der Waals surface area contributed by atoms with E-state index in [4.69, 9.17) is 9.84 Å². The minimum Gasteiger partial charge on any atom is -0.476 e. The van der Waals surface area contributed by atoms with Crippen LogP contribution < -0.4 is 5.32 Å². The van der Waals surface area contributed by atoms with Gasteiger partial charge in [0.25, 0.3) is 5.91 Å². The van der Waals surface area contributed by atoms with Crippen molar-refractivity contribution in [2.45, 2.75) is 13.0 Å². The van der Waals surface area contributed by atoms with Crippen LogP contribution in [-0.2, 0) is 9.53 Å². The average molecular weight is 313 g/mol. The van der Waals surface area contributed by atoms with Crippen molar-refractivity contribution in [1.82, 2.24) is 15.2 Å². The molecule has 1 aliphatic heterocycles. The first-order chi connectivity index (χ1) is 9.99. The van der Waals surface area contributed by atoms with Gasteiger partial charge in [0, 0.05) is 18.5 Å². The van der Waals surface area contributed by atoms with Crippen molar-refractivity contribution in [2.75, 3.05) is 26.3 Å². The largest absolute Gasteiger partial charge is 0.476 e. The minimum absolute atomic E-state index is 0.000900. The molecule has 2 N–H and O–H groups in total. The number of carboxylic acids is 1. The zero-order chi connectivity index (χ0) is 15.4. The third-order valence-electron chi connectivity index (χ3n) is 2.96. The van der Waals surface area contributed by atoms with Crippen molar-refractivity contribution >= 4 is 29.1 Å². The molecule has 1 unspecified atom stereocenters. The number of ether oxygens (including phenoxy) is 1. The number of morpholine rings is 1. The van der Waals surface area contributed by atoms with Crippen molar-refractivity contribution in [3.8, 4) is 0 Å². The third-order valence-corrected chi connectivity index (χ3v) is 3.79. The van der Waals surface area contributed by atoms with Crippen LogP contribution in [0.4, 0.5) is 0 Å². The van der Waals surface area contributed by atoms with E-state index < -0.39 is 17.9 Å². The number of carboxylic acid groups (broad SMARTS) is 1. The van der Waals surface area contributed by atoms with Gasteiger partial charge in [-0.2, -0.15) is 0 Å². The summed E-state index contributed by atoms with van der Waals surface area (Å²) in [6.45, 7) is 3.55. The predicted octanol–water partition coefficient (Wildman–Crippen LogP) is -0.182. The maximum Gasteiger partial charge on any atom is 0.365 e. The van der Waals surface area contributed by atoms with Crippen molar-refractivity contribution in [2.24, 2.45) is 0 Å². The Morgan fingerprint density at radius 1 is 1.43 bits per heavy atom. The van der Waals surface area contributed by atoms with Gasteiger partial charge in [0.15, 0.2) is 0 Å². The molecule has 2 rings (SSSR count). The number of aromatic carboxylic acids is 1. The van der Waals surface area contributed by atoms with Gasteiger partial charge in [0.1, 0.15) is 11.7 Å². The Bertz CT molecular complexity index is 553. The fourth-order valence-electron chi connectivity index (χ4n) is 1.87. The van der Waals surface area contributed by atoms with Gasteiger partial charge in [-0.1, -0.05) is 0 Å². The number of hydrogen-bond donors (Lipinski definition) is 2. The highest BCUT2D eigenvalue weighted by Crippen LogP contribution is 2.10. The van der Waals surface area contributed by atoms with Crippen LogP contribution in [0, 0.1) is 0 Å². The van der Waals surface area contributed by atoms with Gasteiger partial charge in [0.2, 0.25) is 10.9 Å². The molecule has 2 heterocycles. The molecular formula is C12H15N3O5S. The number of rotatable bonds is 4. The topological polar surface area (TPSA) is 109 Å². The Hall–Kier alpha value is -2.00. The number of carbonyl (C=O) groups excluding carboxylic acids is 2. The van der Waals surface area contributed by atoms with Crippen molar-refractivity contribution < 1.29 is 24.2 Å². The van der Waals surface area contributed by atoms with Crippen LogP contribution >= 0.6 is 11.3 Å². The molecule has 0 saturated carbocycles. The summed E-state index contributed by atoms with van der Waals surface area (Å²) in [5.74, 6) is -1.94. The Morgan fingerprint density at radius 3 is 2.67 bits per heavy atom. The van der Waals surface area contributed by atoms with Crippen LogP contribution in [-0.4, -0.2) is 65.1 Å². The Morgan fingerprint density at radius 2 is 2.10 bits per heavy atom. The highest BCUT2D eigenvalue weighted by molar-refractivity contribution is 7.11. The number of carbonyl (C=O) groups is 3. The quantitative estimate of drug-likeness (QED) is 0.798. The van der Waals surface area contributed by atoms with E-state index in [1.807, 2.05) is 0 Å². The van der Waals surface area contributed by atoms with Gasteiger partial charge in [-0.05, 0) is 6.92 Å². The van der Waals surface area contributed by atoms with Crippen LogP contribution in [0.25, 0.3) is 0 Å². The molecule has 1 aromatic heterocycles. The van der Waals surface area contributed by atoms with Crippen molar-refractivity contribution in [3.63, 3.8) is 0 Å². The van der Waals surface area contributed by atoms with E-state index in [1.165, 1.54) is 5.38 Å². The van der Waals surface area contributed by atoms with E-state index in [-0.39, 0.29) is 16.6 Å². The number of hydrogen-bond acceptors (Lipinski definition) is 6. The van der Waals surface area contributed by atoms with E-state index >= 15 is 0 Å². The van der Waals surface area contributed by atoms with Crippen molar-refractivity contribution in [1.29, 1.82) is 0 Å². The summed E-state index contributed by atoms with van der Waals surface area (Å²) in [5.41, 5.74) is -0.000900. The van der Waals surface area contributed by atoms with E-state index in [0.717, 1.165) is 11.3 Å². The molecule has 0 bridgehead atoms. The molecule has 1 atom stereocenters. The third kappa shape index (κ3) is 3.76. The minimum atomic E-state index is -1.18. The Balaban J connectivity index is 1.94. The second kappa shape index (κ2) is 6.64. The van der Waals surface area contributed by atoms with E-state index in [9.17, 15) is 14.4 Å². The molecule has 1 saturated heterocycles. The van der Waals surface area contributed by atoms with Crippen LogP contribution in [0.15, 0.2) is 5.38 Å². The van der Waals surface area contributed by atoms with Crippen LogP contribution in [0.3, 0.4) is 0 Å². The number of nitrogens with zero attached hydrogens (tertiary/aromatic N) is 2. The average Bonchev–Trinajstić information content (AvgIpc) is 2.97. The summed E-state index contributed by atoms with van der Waals surface area (Å²) >= 11 is 0.866. The number of nitrogens with one attached hydrogen (secondary N) is 1. The normalized spacial score (nSPS) is 16.3. The first kappa shape index (κ1) is 15.4. The van der Waals surface area contributed by atoms with Gasteiger partial charge < -0.3 is 20.1 Å². The van der Waals surface area contributed by atoms with E-state index in [0.29, 0.717) is 26.3 Å². The highest BCUT2D eigenvalue weighted by atomic mass is 32.1. The molecule has 0 spiro atoms. The molecular weight excluding hydrogens is 298 g/mol. The van der Waals surface area contributed by atoms with E-state index in [2.05, 4.69) is 10.3 Å². The van der Waals surface area contributed by atoms with Crippen LogP contribution in [0.1, 0.15) is 27.2 Å². The maximum atomic E-state index is 12.1. The molecule has 9 heteroatoms. The smallest absolute Gasteiger partial charge is 0.365 e. The lowest BCUT2D eigenvalue weighted by Crippen LogP contribution is -2.50. The number of amides is 2. The summed E-state index contributed by atoms with van der Waals surface area (Å²) in [5, 5.41) is 12.5. The molecule has 0 radical (unpaired) electrons. The van der Waals surface area contributed by atoms with Gasteiger partial charge in [-0.25, -0.2) is 9.78 Å². The molecule has 1 aliphatic rings. The number of aromatic nitrogens is 1. The molecule has 1 aromatic rings. The first-order valence-corrected chi connectivity index (χ1v) is 7.23. The summed E-state index contributed by atoms with van der Waals surface area (Å²) in [7, 11) is 0. The van der Waals surface area contributed by atoms with Gasteiger partial charge in [0.05, 0.1) is 13.2 Å². The molecule has 0 aliphatic carbocycles. The van der Waals surface area contributed by atoms with Gasteiger partial charge in [-0.15, -0.1) is 11.3 Å². The molecule has 8 nitrogen and oxygen atoms in total. The lowest BCUT2D eigenvalue weighted by atomic mass is 10.2. The summed E-state index contributed by atoms with van der Waals surface area (Å²) in [6.07, 6.45) is 0. The molecule has 0 aromatic carbocycles. The second-order valence-corrected chi connectivity index (χ2v) is 5.33. The number of thiazole rings is 1. The monoisotopic (exact) mass is 313 g/mol. The van der Waals surface area contributed by atoms with Gasteiger partial charge >= 0.3 is 5.97 Å². The van der Waals surface area contributed by atoms with Gasteiger partial charge in [-0.3, -0.25) is 9.59 Å². The highest BCUT2D eigenvalue weighted by Gasteiger charge is 2.25. The van der Waals surface area contributed by atoms with Crippen LogP contribution in [0.2, 0.25) is 0 Å². The molecule has 114 valence electrons. The first-order valence-electron chi connectivity index (χ1n) is 6.35. The SMILES string of the molecule is CC(NC(=O)c1csc(C(=O)O)n1)C(=O)N1CCOCC1. The summed E-state index contributed by atoms with van der Waals surface area (Å²) in [4.78, 5) is 40.1. The van der Waals surface area contributed by atoms with Crippen molar-refractivity contribution in [3.05, 3.63) is 16.1 Å². The zero-order valence-corrected chi connectivity index (χ0v) is 12.2. The Labute approximate surface area is 124 Å². The maximum absolute atomic E-state index is 12.1. The summed E-state index contributed by atoms with van der Waals surface area (Å²) in [6, 6.07) is -0.703.